The average Bonchev–Trinajstić information content (AvgIpc) is 3.30. The molecule has 1 saturated carbocycles. The van der Waals surface area contributed by atoms with Gasteiger partial charge in [-0.05, 0) is 44.6 Å². The van der Waals surface area contributed by atoms with Gasteiger partial charge in [0.2, 0.25) is 5.91 Å². The number of methoxy groups -OCH3 is 3. The molecule has 1 aromatic carbocycles. The number of para-hydroxylation sites is 1. The summed E-state index contributed by atoms with van der Waals surface area (Å²) in [4.78, 5) is 41.3. The molecule has 10 nitrogen and oxygen atoms in total. The van der Waals surface area contributed by atoms with Gasteiger partial charge in [-0.15, -0.1) is 0 Å². The summed E-state index contributed by atoms with van der Waals surface area (Å²) in [6.45, 7) is 4.15. The molecule has 1 aliphatic carbocycles. The van der Waals surface area contributed by atoms with E-state index in [1.54, 1.807) is 20.1 Å². The molecule has 1 aliphatic heterocycles. The first-order valence-corrected chi connectivity index (χ1v) is 12.2. The van der Waals surface area contributed by atoms with Gasteiger partial charge in [0.15, 0.2) is 17.2 Å². The van der Waals surface area contributed by atoms with Gasteiger partial charge in [0.05, 0.1) is 34.4 Å². The van der Waals surface area contributed by atoms with Crippen molar-refractivity contribution in [2.75, 3.05) is 21.3 Å². The fraction of sp³-hybridized carbons (Fsp3) is 0.538. The highest BCUT2D eigenvalue weighted by atomic mass is 16.5. The molecule has 1 N–H and O–H groups in total. The van der Waals surface area contributed by atoms with Gasteiger partial charge in [0.25, 0.3) is 5.91 Å². The van der Waals surface area contributed by atoms with E-state index >= 15 is 0 Å². The van der Waals surface area contributed by atoms with E-state index in [0.29, 0.717) is 23.0 Å². The van der Waals surface area contributed by atoms with Gasteiger partial charge in [0, 0.05) is 17.7 Å². The molecule has 1 atom stereocenters. The number of ether oxygens (including phenoxy) is 3. The topological polar surface area (TPSA) is 112 Å². The Labute approximate surface area is 210 Å². The maximum absolute atomic E-state index is 13.8. The minimum absolute atomic E-state index is 0.0192. The van der Waals surface area contributed by atoms with E-state index in [1.807, 2.05) is 12.1 Å². The zero-order valence-electron chi connectivity index (χ0n) is 21.5. The largest absolute Gasteiger partial charge is 0.493 e. The lowest BCUT2D eigenvalue weighted by atomic mass is 9.86. The Morgan fingerprint density at radius 3 is 2.50 bits per heavy atom. The predicted octanol–water partition coefficient (Wildman–Crippen LogP) is 2.80. The Morgan fingerprint density at radius 2 is 1.86 bits per heavy atom. The lowest BCUT2D eigenvalue weighted by molar-refractivity contribution is -0.134. The molecule has 194 valence electrons. The predicted molar refractivity (Wildman–Crippen MR) is 131 cm³/mol. The monoisotopic (exact) mass is 498 g/mol. The van der Waals surface area contributed by atoms with Crippen LogP contribution in [0.2, 0.25) is 0 Å². The Morgan fingerprint density at radius 1 is 1.14 bits per heavy atom. The molecule has 10 heteroatoms. The molecule has 0 unspecified atom stereocenters. The lowest BCUT2D eigenvalue weighted by Crippen LogP contribution is -2.64. The first-order chi connectivity index (χ1) is 17.2. The number of carbonyl (C=O) groups is 3. The van der Waals surface area contributed by atoms with Gasteiger partial charge in [0.1, 0.15) is 11.2 Å². The number of amides is 2. The van der Waals surface area contributed by atoms with Crippen molar-refractivity contribution in [3.05, 3.63) is 41.2 Å². The summed E-state index contributed by atoms with van der Waals surface area (Å²) >= 11 is 0. The van der Waals surface area contributed by atoms with Crippen LogP contribution in [-0.4, -0.2) is 65.4 Å². The zero-order chi connectivity index (χ0) is 26.0. The third kappa shape index (κ3) is 4.64. The fourth-order valence-electron chi connectivity index (χ4n) is 5.09. The molecule has 2 amide bonds. The molecule has 2 aromatic rings. The van der Waals surface area contributed by atoms with Crippen LogP contribution < -0.4 is 14.8 Å². The highest BCUT2D eigenvalue weighted by Gasteiger charge is 2.49. The van der Waals surface area contributed by atoms with E-state index in [9.17, 15) is 14.4 Å². The molecule has 0 spiro atoms. The number of hydrogen-bond acceptors (Lipinski definition) is 7. The highest BCUT2D eigenvalue weighted by molar-refractivity contribution is 6.01. The first kappa shape index (κ1) is 25.5. The minimum atomic E-state index is -1.26. The zero-order valence-corrected chi connectivity index (χ0v) is 21.5. The Hall–Kier alpha value is -3.56. The third-order valence-electron chi connectivity index (χ3n) is 7.35. The van der Waals surface area contributed by atoms with Gasteiger partial charge in [-0.1, -0.05) is 19.1 Å². The first-order valence-electron chi connectivity index (χ1n) is 12.2. The van der Waals surface area contributed by atoms with Gasteiger partial charge >= 0.3 is 5.97 Å². The van der Waals surface area contributed by atoms with E-state index < -0.39 is 17.4 Å². The van der Waals surface area contributed by atoms with Crippen LogP contribution in [-0.2, 0) is 22.6 Å². The maximum Gasteiger partial charge on any atom is 0.358 e. The number of benzene rings is 1. The smallest absolute Gasteiger partial charge is 0.358 e. The molecule has 2 aliphatic rings. The number of nitrogens with one attached hydrogen (secondary N) is 1. The van der Waals surface area contributed by atoms with Crippen LogP contribution in [0.5, 0.6) is 11.5 Å². The van der Waals surface area contributed by atoms with Crippen molar-refractivity contribution in [2.24, 2.45) is 5.92 Å². The SMILES string of the molecule is COC(=O)c1cc2n(n1)C[C@](C)(C(=O)NC1CCC(C)CC1)N(Cc1cccc(OC)c1OC)C2=O. The normalized spacial score (nSPS) is 23.6. The summed E-state index contributed by atoms with van der Waals surface area (Å²) in [5.41, 5.74) is -0.336. The van der Waals surface area contributed by atoms with Crippen molar-refractivity contribution in [3.63, 3.8) is 0 Å². The van der Waals surface area contributed by atoms with E-state index in [2.05, 4.69) is 17.3 Å². The van der Waals surface area contributed by atoms with Crippen LogP contribution >= 0.6 is 0 Å². The highest BCUT2D eigenvalue weighted by Crippen LogP contribution is 2.36. The van der Waals surface area contributed by atoms with Crippen molar-refractivity contribution >= 4 is 17.8 Å². The third-order valence-corrected chi connectivity index (χ3v) is 7.35. The second kappa shape index (κ2) is 10.2. The number of fused-ring (bicyclic) bond motifs is 1. The molecule has 2 heterocycles. The fourth-order valence-corrected chi connectivity index (χ4v) is 5.09. The molecule has 1 aromatic heterocycles. The van der Waals surface area contributed by atoms with Crippen molar-refractivity contribution in [3.8, 4) is 11.5 Å². The number of esters is 1. The van der Waals surface area contributed by atoms with Crippen LogP contribution in [0.4, 0.5) is 0 Å². The molecule has 0 bridgehead atoms. The molecule has 1 fully saturated rings. The number of carbonyl (C=O) groups excluding carboxylic acids is 3. The molecular weight excluding hydrogens is 464 g/mol. The maximum atomic E-state index is 13.8. The van der Waals surface area contributed by atoms with Crippen molar-refractivity contribution in [1.29, 1.82) is 0 Å². The Kier molecular flexibility index (Phi) is 7.23. The number of aromatic nitrogens is 2. The standard InChI is InChI=1S/C26H34N4O6/c1-16-9-11-18(12-10-16)27-25(33)26(2)15-30-20(13-19(28-30)24(32)36-5)23(31)29(26)14-17-7-6-8-21(34-3)22(17)35-4/h6-8,13,16,18H,9-12,14-15H2,1-5H3,(H,27,33)/t16?,18?,26-/m1/s1. The average molecular weight is 499 g/mol. The van der Waals surface area contributed by atoms with E-state index in [1.165, 1.54) is 29.9 Å². The second-order valence-corrected chi connectivity index (χ2v) is 9.81. The van der Waals surface area contributed by atoms with E-state index in [-0.39, 0.29) is 36.4 Å². The van der Waals surface area contributed by atoms with E-state index in [0.717, 1.165) is 25.7 Å². The summed E-state index contributed by atoms with van der Waals surface area (Å²) in [6.07, 6.45) is 3.91. The van der Waals surface area contributed by atoms with Crippen molar-refractivity contribution in [1.82, 2.24) is 20.0 Å². The van der Waals surface area contributed by atoms with E-state index in [4.69, 9.17) is 14.2 Å². The number of nitrogens with zero attached hydrogens (tertiary/aromatic N) is 3. The summed E-state index contributed by atoms with van der Waals surface area (Å²) in [6, 6.07) is 6.88. The van der Waals surface area contributed by atoms with Gasteiger partial charge < -0.3 is 24.4 Å². The summed E-state index contributed by atoms with van der Waals surface area (Å²) < 4.78 is 17.2. The van der Waals surface area contributed by atoms with Crippen molar-refractivity contribution < 1.29 is 28.6 Å². The molecule has 4 rings (SSSR count). The molecule has 36 heavy (non-hydrogen) atoms. The number of rotatable bonds is 7. The van der Waals surface area contributed by atoms with Crippen LogP contribution in [0.3, 0.4) is 0 Å². The molecule has 0 radical (unpaired) electrons. The van der Waals surface area contributed by atoms with Gasteiger partial charge in [-0.3, -0.25) is 14.3 Å². The summed E-state index contributed by atoms with van der Waals surface area (Å²) in [7, 11) is 4.34. The summed E-state index contributed by atoms with van der Waals surface area (Å²) in [5, 5.41) is 7.47. The quantitative estimate of drug-likeness (QED) is 0.584. The van der Waals surface area contributed by atoms with Crippen LogP contribution in [0.25, 0.3) is 0 Å². The molecule has 0 saturated heterocycles. The minimum Gasteiger partial charge on any atom is -0.493 e. The Balaban J connectivity index is 1.72. The van der Waals surface area contributed by atoms with Gasteiger partial charge in [-0.25, -0.2) is 4.79 Å². The van der Waals surface area contributed by atoms with Gasteiger partial charge in [-0.2, -0.15) is 5.10 Å². The summed E-state index contributed by atoms with van der Waals surface area (Å²) in [5.74, 6) is 0.353. The van der Waals surface area contributed by atoms with Crippen molar-refractivity contribution in [2.45, 2.75) is 64.2 Å². The van der Waals surface area contributed by atoms with Crippen LogP contribution in [0.15, 0.2) is 24.3 Å². The number of hydrogen-bond donors (Lipinski definition) is 1. The van der Waals surface area contributed by atoms with Crippen LogP contribution in [0.1, 0.15) is 66.1 Å². The lowest BCUT2D eigenvalue weighted by Gasteiger charge is -2.44. The second-order valence-electron chi connectivity index (χ2n) is 9.81. The van der Waals surface area contributed by atoms with Crippen LogP contribution in [0, 0.1) is 5.92 Å². The Bertz CT molecular complexity index is 1150. The molecular formula is C26H34N4O6.